The standard InChI is InChI=1S/C29H32F2O3/c1-3-5-14-33-28-26(30)17-25(18-27(28)31)34-29(32)21-10-8-20(9-11-21)23-13-12-22-15-19(4-2)6-7-24(22)16-23/h3-5,8-11,17-19,22-24H,2,6-7,12-16H2,1H3/b5-3+. The summed E-state index contributed by atoms with van der Waals surface area (Å²) in [6.45, 7) is 5.81. The fourth-order valence-electron chi connectivity index (χ4n) is 5.46. The van der Waals surface area contributed by atoms with Gasteiger partial charge in [0.1, 0.15) is 12.4 Å². The lowest BCUT2D eigenvalue weighted by atomic mass is 9.64. The number of hydrogen-bond acceptors (Lipinski definition) is 3. The largest absolute Gasteiger partial charge is 0.483 e. The summed E-state index contributed by atoms with van der Waals surface area (Å²) < 4.78 is 38.8. The maximum Gasteiger partial charge on any atom is 0.343 e. The molecular weight excluding hydrogens is 434 g/mol. The molecule has 2 fully saturated rings. The Morgan fingerprint density at radius 3 is 2.38 bits per heavy atom. The molecule has 0 saturated heterocycles. The van der Waals surface area contributed by atoms with Gasteiger partial charge in [0.2, 0.25) is 0 Å². The van der Waals surface area contributed by atoms with Crippen LogP contribution in [0, 0.1) is 29.4 Å². The van der Waals surface area contributed by atoms with Crippen molar-refractivity contribution < 1.29 is 23.0 Å². The van der Waals surface area contributed by atoms with Crippen LogP contribution >= 0.6 is 0 Å². The molecular formula is C29H32F2O3. The zero-order valence-corrected chi connectivity index (χ0v) is 19.6. The van der Waals surface area contributed by atoms with Crippen LogP contribution in [0.3, 0.4) is 0 Å². The number of hydrogen-bond donors (Lipinski definition) is 0. The van der Waals surface area contributed by atoms with E-state index >= 15 is 0 Å². The molecule has 4 rings (SSSR count). The summed E-state index contributed by atoms with van der Waals surface area (Å²) in [6, 6.07) is 9.35. The highest BCUT2D eigenvalue weighted by molar-refractivity contribution is 5.91. The minimum Gasteiger partial charge on any atom is -0.483 e. The molecule has 5 heteroatoms. The molecule has 180 valence electrons. The van der Waals surface area contributed by atoms with Crippen molar-refractivity contribution in [3.05, 3.63) is 84.0 Å². The SMILES string of the molecule is C=CC1CCC2CC(c3ccc(C(=O)Oc4cc(F)c(OC/C=C/C)c(F)c4)cc3)CCC2C1. The summed E-state index contributed by atoms with van der Waals surface area (Å²) in [5, 5.41) is 0. The quantitative estimate of drug-likeness (QED) is 0.239. The molecule has 0 heterocycles. The normalized spacial score (nSPS) is 24.4. The average molecular weight is 467 g/mol. The molecule has 4 unspecified atom stereocenters. The first-order chi connectivity index (χ1) is 16.5. The monoisotopic (exact) mass is 466 g/mol. The highest BCUT2D eigenvalue weighted by atomic mass is 19.1. The van der Waals surface area contributed by atoms with Crippen LogP contribution in [0.1, 0.15) is 67.3 Å². The van der Waals surface area contributed by atoms with Crippen molar-refractivity contribution in [2.45, 2.75) is 51.4 Å². The lowest BCUT2D eigenvalue weighted by molar-refractivity contribution is 0.0733. The van der Waals surface area contributed by atoms with E-state index in [2.05, 4.69) is 12.7 Å². The van der Waals surface area contributed by atoms with Gasteiger partial charge in [-0.3, -0.25) is 0 Å². The molecule has 0 amide bonds. The van der Waals surface area contributed by atoms with Gasteiger partial charge in [-0.15, -0.1) is 6.58 Å². The molecule has 4 atom stereocenters. The maximum atomic E-state index is 14.2. The third-order valence-corrected chi connectivity index (χ3v) is 7.35. The predicted molar refractivity (Wildman–Crippen MR) is 129 cm³/mol. The number of rotatable bonds is 7. The van der Waals surface area contributed by atoms with E-state index in [-0.39, 0.29) is 12.4 Å². The topological polar surface area (TPSA) is 35.5 Å². The molecule has 0 aliphatic heterocycles. The molecule has 3 nitrogen and oxygen atoms in total. The Balaban J connectivity index is 1.37. The number of halogens is 2. The molecule has 0 aromatic heterocycles. The second-order valence-electron chi connectivity index (χ2n) is 9.45. The molecule has 0 bridgehead atoms. The first-order valence-electron chi connectivity index (χ1n) is 12.2. The van der Waals surface area contributed by atoms with Gasteiger partial charge >= 0.3 is 5.97 Å². The van der Waals surface area contributed by atoms with E-state index in [0.29, 0.717) is 17.4 Å². The number of benzene rings is 2. The van der Waals surface area contributed by atoms with Crippen LogP contribution in [0.2, 0.25) is 0 Å². The van der Waals surface area contributed by atoms with Crippen LogP contribution < -0.4 is 9.47 Å². The molecule has 2 aliphatic carbocycles. The van der Waals surface area contributed by atoms with Crippen molar-refractivity contribution in [3.63, 3.8) is 0 Å². The van der Waals surface area contributed by atoms with E-state index in [9.17, 15) is 13.6 Å². The number of carbonyl (C=O) groups is 1. The lowest BCUT2D eigenvalue weighted by Gasteiger charge is -2.41. The van der Waals surface area contributed by atoms with E-state index in [1.165, 1.54) is 37.7 Å². The molecule has 0 N–H and O–H groups in total. The van der Waals surface area contributed by atoms with Gasteiger partial charge in [-0.2, -0.15) is 0 Å². The smallest absolute Gasteiger partial charge is 0.343 e. The number of esters is 1. The van der Waals surface area contributed by atoms with E-state index in [1.807, 2.05) is 12.1 Å². The van der Waals surface area contributed by atoms with Crippen molar-refractivity contribution in [1.29, 1.82) is 0 Å². The van der Waals surface area contributed by atoms with Crippen LogP contribution in [0.5, 0.6) is 11.5 Å². The molecule has 2 aliphatic rings. The first kappa shape index (κ1) is 24.2. The second kappa shape index (κ2) is 11.0. The Hall–Kier alpha value is -2.95. The summed E-state index contributed by atoms with van der Waals surface area (Å²) in [5.41, 5.74) is 1.58. The Morgan fingerprint density at radius 1 is 1.03 bits per heavy atom. The lowest BCUT2D eigenvalue weighted by Crippen LogP contribution is -2.29. The molecule has 0 spiro atoms. The van der Waals surface area contributed by atoms with Crippen LogP contribution in [0.4, 0.5) is 8.78 Å². The van der Waals surface area contributed by atoms with Crippen molar-refractivity contribution in [3.8, 4) is 11.5 Å². The van der Waals surface area contributed by atoms with Gasteiger partial charge in [-0.1, -0.05) is 30.4 Å². The van der Waals surface area contributed by atoms with E-state index in [4.69, 9.17) is 9.47 Å². The predicted octanol–water partition coefficient (Wildman–Crippen LogP) is 7.62. The van der Waals surface area contributed by atoms with Crippen molar-refractivity contribution in [1.82, 2.24) is 0 Å². The molecule has 2 saturated carbocycles. The fraction of sp³-hybridized carbons (Fsp3) is 0.414. The van der Waals surface area contributed by atoms with E-state index in [0.717, 1.165) is 30.4 Å². The Bertz CT molecular complexity index is 1020. The highest BCUT2D eigenvalue weighted by Gasteiger charge is 2.35. The fourth-order valence-corrected chi connectivity index (χ4v) is 5.46. The number of ether oxygens (including phenoxy) is 2. The van der Waals surface area contributed by atoms with Gasteiger partial charge in [0.05, 0.1) is 5.56 Å². The van der Waals surface area contributed by atoms with E-state index in [1.54, 1.807) is 31.2 Å². The van der Waals surface area contributed by atoms with Gasteiger partial charge in [-0.25, -0.2) is 13.6 Å². The molecule has 2 aromatic rings. The number of carbonyl (C=O) groups excluding carboxylic acids is 1. The van der Waals surface area contributed by atoms with Crippen LogP contribution in [0.25, 0.3) is 0 Å². The Morgan fingerprint density at radius 2 is 1.71 bits per heavy atom. The van der Waals surface area contributed by atoms with Crippen molar-refractivity contribution >= 4 is 5.97 Å². The first-order valence-corrected chi connectivity index (χ1v) is 12.2. The van der Waals surface area contributed by atoms with Crippen molar-refractivity contribution in [2.24, 2.45) is 17.8 Å². The van der Waals surface area contributed by atoms with E-state index < -0.39 is 23.4 Å². The average Bonchev–Trinajstić information content (AvgIpc) is 2.85. The van der Waals surface area contributed by atoms with Crippen molar-refractivity contribution in [2.75, 3.05) is 6.61 Å². The minimum absolute atomic E-state index is 0.0492. The minimum atomic E-state index is -0.916. The van der Waals surface area contributed by atoms with Crippen LogP contribution in [-0.2, 0) is 0 Å². The number of allylic oxidation sites excluding steroid dienone is 2. The third kappa shape index (κ3) is 5.57. The maximum absolute atomic E-state index is 14.2. The van der Waals surface area contributed by atoms with Gasteiger partial charge < -0.3 is 9.47 Å². The Labute approximate surface area is 200 Å². The molecule has 34 heavy (non-hydrogen) atoms. The van der Waals surface area contributed by atoms with Gasteiger partial charge in [0.15, 0.2) is 17.4 Å². The third-order valence-electron chi connectivity index (χ3n) is 7.35. The summed E-state index contributed by atoms with van der Waals surface area (Å²) >= 11 is 0. The highest BCUT2D eigenvalue weighted by Crippen LogP contribution is 2.47. The molecule has 0 radical (unpaired) electrons. The van der Waals surface area contributed by atoms with Gasteiger partial charge in [0.25, 0.3) is 0 Å². The number of fused-ring (bicyclic) bond motifs is 1. The Kier molecular flexibility index (Phi) is 7.81. The zero-order chi connectivity index (χ0) is 24.1. The van der Waals surface area contributed by atoms with Crippen LogP contribution in [0.15, 0.2) is 61.2 Å². The van der Waals surface area contributed by atoms with Gasteiger partial charge in [-0.05, 0) is 86.8 Å². The zero-order valence-electron chi connectivity index (χ0n) is 19.6. The summed E-state index contributed by atoms with van der Waals surface area (Å²) in [6.07, 6.45) is 12.9. The summed E-state index contributed by atoms with van der Waals surface area (Å²) in [4.78, 5) is 12.6. The second-order valence-corrected chi connectivity index (χ2v) is 9.45. The summed E-state index contributed by atoms with van der Waals surface area (Å²) in [7, 11) is 0. The summed E-state index contributed by atoms with van der Waals surface area (Å²) in [5.74, 6) is -0.417. The molecule has 2 aromatic carbocycles. The van der Waals surface area contributed by atoms with Crippen LogP contribution in [-0.4, -0.2) is 12.6 Å². The van der Waals surface area contributed by atoms with Gasteiger partial charge in [0, 0.05) is 12.1 Å².